The van der Waals surface area contributed by atoms with Gasteiger partial charge in [0.1, 0.15) is 5.65 Å². The monoisotopic (exact) mass is 398 g/mol. The molecule has 0 spiro atoms. The number of thioether (sulfide) groups is 1. The van der Waals surface area contributed by atoms with Gasteiger partial charge in [0.2, 0.25) is 0 Å². The Morgan fingerprint density at radius 3 is 2.74 bits per heavy atom. The Morgan fingerprint density at radius 1 is 1.15 bits per heavy atom. The summed E-state index contributed by atoms with van der Waals surface area (Å²) in [6.45, 7) is 2.78. The molecule has 7 nitrogen and oxygen atoms in total. The van der Waals surface area contributed by atoms with Crippen molar-refractivity contribution < 1.29 is 0 Å². The molecule has 0 unspecified atom stereocenters. The number of rotatable bonds is 5. The van der Waals surface area contributed by atoms with E-state index in [1.54, 1.807) is 30.7 Å². The summed E-state index contributed by atoms with van der Waals surface area (Å²) < 4.78 is 3.47. The minimum absolute atomic E-state index is 0.160. The second-order valence-corrected chi connectivity index (χ2v) is 7.12. The molecule has 0 aliphatic carbocycles. The number of nitrogens with zero attached hydrogens (tertiary/aromatic N) is 6. The van der Waals surface area contributed by atoms with Crippen LogP contribution in [0.25, 0.3) is 17.0 Å². The van der Waals surface area contributed by atoms with Crippen molar-refractivity contribution in [3.05, 3.63) is 70.0 Å². The molecule has 0 aliphatic heterocycles. The van der Waals surface area contributed by atoms with Crippen LogP contribution in [0.4, 0.5) is 0 Å². The molecule has 0 atom stereocenters. The van der Waals surface area contributed by atoms with Crippen molar-refractivity contribution in [2.24, 2.45) is 0 Å². The first-order chi connectivity index (χ1) is 13.2. The highest BCUT2D eigenvalue weighted by Gasteiger charge is 2.14. The van der Waals surface area contributed by atoms with Crippen LogP contribution >= 0.6 is 23.4 Å². The van der Waals surface area contributed by atoms with E-state index < -0.39 is 0 Å². The van der Waals surface area contributed by atoms with Crippen LogP contribution in [0.3, 0.4) is 0 Å². The highest BCUT2D eigenvalue weighted by Crippen LogP contribution is 2.25. The quantitative estimate of drug-likeness (QED) is 0.480. The molecule has 0 fully saturated rings. The van der Waals surface area contributed by atoms with Crippen molar-refractivity contribution in [2.45, 2.75) is 24.4 Å². The van der Waals surface area contributed by atoms with E-state index in [9.17, 15) is 4.79 Å². The molecular weight excluding hydrogens is 384 g/mol. The number of aromatic nitrogens is 6. The molecule has 27 heavy (non-hydrogen) atoms. The standard InChI is InChI=1S/C18H15ClN6OS/c1-2-24-17(12-5-7-20-8-6-12)22-23-18(24)27-11-14-9-16(26)25-10-13(19)3-4-15(25)21-14/h3-10H,2,11H2,1H3. The highest BCUT2D eigenvalue weighted by atomic mass is 35.5. The van der Waals surface area contributed by atoms with Crippen molar-refractivity contribution >= 4 is 29.0 Å². The molecule has 0 saturated carbocycles. The van der Waals surface area contributed by atoms with E-state index in [0.717, 1.165) is 23.1 Å². The number of fused-ring (bicyclic) bond motifs is 1. The molecule has 9 heteroatoms. The molecule has 0 N–H and O–H groups in total. The van der Waals surface area contributed by atoms with Gasteiger partial charge in [-0.05, 0) is 31.2 Å². The van der Waals surface area contributed by atoms with Crippen LogP contribution in [-0.4, -0.2) is 29.1 Å². The minimum atomic E-state index is -0.160. The fourth-order valence-corrected chi connectivity index (χ4v) is 3.79. The lowest BCUT2D eigenvalue weighted by Gasteiger charge is -2.07. The number of hydrogen-bond acceptors (Lipinski definition) is 6. The molecule has 136 valence electrons. The van der Waals surface area contributed by atoms with Gasteiger partial charge < -0.3 is 4.57 Å². The van der Waals surface area contributed by atoms with Crippen molar-refractivity contribution in [1.29, 1.82) is 0 Å². The van der Waals surface area contributed by atoms with E-state index in [1.807, 2.05) is 23.6 Å². The first-order valence-electron chi connectivity index (χ1n) is 8.30. The third-order valence-electron chi connectivity index (χ3n) is 4.00. The zero-order valence-corrected chi connectivity index (χ0v) is 16.0. The lowest BCUT2D eigenvalue weighted by molar-refractivity contribution is 0.687. The highest BCUT2D eigenvalue weighted by molar-refractivity contribution is 7.98. The summed E-state index contributed by atoms with van der Waals surface area (Å²) in [6.07, 6.45) is 5.03. The fourth-order valence-electron chi connectivity index (χ4n) is 2.73. The molecule has 4 heterocycles. The molecule has 0 aromatic carbocycles. The van der Waals surface area contributed by atoms with E-state index in [4.69, 9.17) is 11.6 Å². The molecule has 0 amide bonds. The SMILES string of the molecule is CCn1c(SCc2cc(=O)n3cc(Cl)ccc3n2)nnc1-c1ccncc1. The first-order valence-corrected chi connectivity index (χ1v) is 9.66. The van der Waals surface area contributed by atoms with Crippen LogP contribution in [0.2, 0.25) is 5.02 Å². The van der Waals surface area contributed by atoms with Crippen molar-refractivity contribution in [1.82, 2.24) is 29.1 Å². The van der Waals surface area contributed by atoms with Gasteiger partial charge in [0.15, 0.2) is 11.0 Å². The molecule has 0 saturated heterocycles. The Bertz CT molecular complexity index is 1160. The Morgan fingerprint density at radius 2 is 1.96 bits per heavy atom. The van der Waals surface area contributed by atoms with Crippen LogP contribution in [0.1, 0.15) is 12.6 Å². The van der Waals surface area contributed by atoms with Gasteiger partial charge in [-0.25, -0.2) is 4.98 Å². The zero-order valence-electron chi connectivity index (χ0n) is 14.4. The van der Waals surface area contributed by atoms with Crippen molar-refractivity contribution in [2.75, 3.05) is 0 Å². The Labute approximate surface area is 164 Å². The average Bonchev–Trinajstić information content (AvgIpc) is 3.10. The third-order valence-corrected chi connectivity index (χ3v) is 5.22. The first kappa shape index (κ1) is 17.7. The summed E-state index contributed by atoms with van der Waals surface area (Å²) in [7, 11) is 0. The van der Waals surface area contributed by atoms with Gasteiger partial charge in [-0.1, -0.05) is 23.4 Å². The topological polar surface area (TPSA) is 78.0 Å². The molecule has 4 aromatic heterocycles. The predicted octanol–water partition coefficient (Wildman–Crippen LogP) is 3.31. The Kier molecular flexibility index (Phi) is 4.91. The zero-order chi connectivity index (χ0) is 18.8. The van der Waals surface area contributed by atoms with Gasteiger partial charge in [0.25, 0.3) is 5.56 Å². The van der Waals surface area contributed by atoms with Crippen LogP contribution in [0.5, 0.6) is 0 Å². The summed E-state index contributed by atoms with van der Waals surface area (Å²) >= 11 is 7.44. The summed E-state index contributed by atoms with van der Waals surface area (Å²) in [5.41, 5.74) is 2.05. The van der Waals surface area contributed by atoms with Crippen LogP contribution < -0.4 is 5.56 Å². The third kappa shape index (κ3) is 3.58. The molecule has 0 radical (unpaired) electrons. The maximum atomic E-state index is 12.3. The van der Waals surface area contributed by atoms with Gasteiger partial charge in [-0.15, -0.1) is 10.2 Å². The van der Waals surface area contributed by atoms with Crippen molar-refractivity contribution in [3.8, 4) is 11.4 Å². The van der Waals surface area contributed by atoms with E-state index in [-0.39, 0.29) is 5.56 Å². The number of halogens is 1. The van der Waals surface area contributed by atoms with Crippen LogP contribution in [-0.2, 0) is 12.3 Å². The van der Waals surface area contributed by atoms with Gasteiger partial charge >= 0.3 is 0 Å². The fraction of sp³-hybridized carbons (Fsp3) is 0.167. The summed E-state index contributed by atoms with van der Waals surface area (Å²) in [5, 5.41) is 9.89. The number of hydrogen-bond donors (Lipinski definition) is 0. The lowest BCUT2D eigenvalue weighted by Crippen LogP contribution is -2.15. The summed E-state index contributed by atoms with van der Waals surface area (Å²) in [6, 6.07) is 8.78. The van der Waals surface area contributed by atoms with E-state index in [2.05, 4.69) is 20.2 Å². The summed E-state index contributed by atoms with van der Waals surface area (Å²) in [5.74, 6) is 1.31. The van der Waals surface area contributed by atoms with Gasteiger partial charge in [-0.3, -0.25) is 14.2 Å². The predicted molar refractivity (Wildman–Crippen MR) is 105 cm³/mol. The smallest absolute Gasteiger partial charge is 0.258 e. The molecular formula is C18H15ClN6OS. The molecule has 0 bridgehead atoms. The Balaban J connectivity index is 1.61. The Hall–Kier alpha value is -2.71. The van der Waals surface area contributed by atoms with Crippen LogP contribution in [0, 0.1) is 0 Å². The molecule has 0 aliphatic rings. The van der Waals surface area contributed by atoms with E-state index in [0.29, 0.717) is 22.1 Å². The molecule has 4 aromatic rings. The second kappa shape index (κ2) is 7.50. The van der Waals surface area contributed by atoms with Crippen molar-refractivity contribution in [3.63, 3.8) is 0 Å². The normalized spacial score (nSPS) is 11.2. The number of pyridine rings is 2. The average molecular weight is 399 g/mol. The summed E-state index contributed by atoms with van der Waals surface area (Å²) in [4.78, 5) is 20.9. The largest absolute Gasteiger partial charge is 0.302 e. The minimum Gasteiger partial charge on any atom is -0.302 e. The van der Waals surface area contributed by atoms with E-state index in [1.165, 1.54) is 22.2 Å². The maximum Gasteiger partial charge on any atom is 0.258 e. The molecule has 4 rings (SSSR count). The van der Waals surface area contributed by atoms with Gasteiger partial charge in [0.05, 0.1) is 10.7 Å². The second-order valence-electron chi connectivity index (χ2n) is 5.74. The van der Waals surface area contributed by atoms with Crippen LogP contribution in [0.15, 0.2) is 58.9 Å². The lowest BCUT2D eigenvalue weighted by atomic mass is 10.2. The van der Waals surface area contributed by atoms with Gasteiger partial charge in [-0.2, -0.15) is 0 Å². The maximum absolute atomic E-state index is 12.3. The van der Waals surface area contributed by atoms with E-state index >= 15 is 0 Å². The van der Waals surface area contributed by atoms with Gasteiger partial charge in [0, 0.05) is 42.5 Å².